The molecular weight excluding hydrogens is 204 g/mol. The fourth-order valence-corrected chi connectivity index (χ4v) is 1.97. The summed E-state index contributed by atoms with van der Waals surface area (Å²) in [5.74, 6) is 0.457. The van der Waals surface area contributed by atoms with Crippen LogP contribution in [0.5, 0.6) is 11.5 Å². The average molecular weight is 218 g/mol. The van der Waals surface area contributed by atoms with Crippen molar-refractivity contribution >= 4 is 0 Å². The van der Waals surface area contributed by atoms with E-state index in [-0.39, 0.29) is 11.2 Å². The van der Waals surface area contributed by atoms with Crippen LogP contribution in [0.1, 0.15) is 24.0 Å². The molecule has 0 amide bonds. The van der Waals surface area contributed by atoms with E-state index in [4.69, 9.17) is 15.7 Å². The van der Waals surface area contributed by atoms with E-state index in [0.29, 0.717) is 17.9 Å². The average Bonchev–Trinajstić information content (AvgIpc) is 3.10. The lowest BCUT2D eigenvalue weighted by Gasteiger charge is -2.17. The van der Waals surface area contributed by atoms with Crippen LogP contribution in [0.15, 0.2) is 12.1 Å². The van der Waals surface area contributed by atoms with Gasteiger partial charge in [0.05, 0.1) is 18.7 Å². The summed E-state index contributed by atoms with van der Waals surface area (Å²) in [7, 11) is 1.47. The topological polar surface area (TPSA) is 79.3 Å². The molecule has 1 aliphatic rings. The van der Waals surface area contributed by atoms with Gasteiger partial charge >= 0.3 is 0 Å². The highest BCUT2D eigenvalue weighted by Crippen LogP contribution is 2.52. The third kappa shape index (κ3) is 1.50. The van der Waals surface area contributed by atoms with E-state index in [2.05, 4.69) is 6.07 Å². The first-order chi connectivity index (χ1) is 7.66. The number of nitriles is 1. The fourth-order valence-electron chi connectivity index (χ4n) is 1.97. The van der Waals surface area contributed by atoms with Crippen molar-refractivity contribution in [2.24, 2.45) is 5.73 Å². The van der Waals surface area contributed by atoms with Gasteiger partial charge in [0.1, 0.15) is 0 Å². The lowest BCUT2D eigenvalue weighted by molar-refractivity contribution is 0.367. The van der Waals surface area contributed by atoms with Crippen LogP contribution in [0.25, 0.3) is 0 Å². The van der Waals surface area contributed by atoms with Crippen molar-refractivity contribution < 1.29 is 9.84 Å². The van der Waals surface area contributed by atoms with Gasteiger partial charge in [0.2, 0.25) is 0 Å². The molecule has 0 aliphatic heterocycles. The number of hydrogen-bond acceptors (Lipinski definition) is 4. The molecule has 2 rings (SSSR count). The van der Waals surface area contributed by atoms with Crippen molar-refractivity contribution in [3.05, 3.63) is 23.3 Å². The van der Waals surface area contributed by atoms with Crippen LogP contribution in [0.3, 0.4) is 0 Å². The smallest absolute Gasteiger partial charge is 0.162 e. The van der Waals surface area contributed by atoms with Gasteiger partial charge < -0.3 is 15.6 Å². The zero-order chi connectivity index (χ0) is 11.8. The number of methoxy groups -OCH3 is 1. The molecule has 0 atom stereocenters. The van der Waals surface area contributed by atoms with Crippen LogP contribution in [0, 0.1) is 11.3 Å². The molecule has 0 saturated heterocycles. The van der Waals surface area contributed by atoms with Gasteiger partial charge in [-0.3, -0.25) is 0 Å². The maximum atomic E-state index is 10.0. The molecule has 3 N–H and O–H groups in total. The molecule has 84 valence electrons. The Bertz CT molecular complexity index is 459. The predicted molar refractivity (Wildman–Crippen MR) is 59.3 cm³/mol. The van der Waals surface area contributed by atoms with Gasteiger partial charge in [0, 0.05) is 23.6 Å². The number of hydrogen-bond donors (Lipinski definition) is 2. The zero-order valence-electron chi connectivity index (χ0n) is 9.16. The number of ether oxygens (including phenoxy) is 1. The third-order valence-corrected chi connectivity index (χ3v) is 3.24. The van der Waals surface area contributed by atoms with Gasteiger partial charge in [-0.1, -0.05) is 0 Å². The van der Waals surface area contributed by atoms with Gasteiger partial charge in [-0.05, 0) is 18.9 Å². The molecule has 0 heterocycles. The van der Waals surface area contributed by atoms with Crippen molar-refractivity contribution in [2.45, 2.75) is 18.3 Å². The molecule has 0 aromatic heterocycles. The van der Waals surface area contributed by atoms with Crippen LogP contribution in [-0.2, 0) is 5.41 Å². The Morgan fingerprint density at radius 1 is 1.56 bits per heavy atom. The Morgan fingerprint density at radius 2 is 2.25 bits per heavy atom. The molecule has 1 aliphatic carbocycles. The van der Waals surface area contributed by atoms with E-state index >= 15 is 0 Å². The quantitative estimate of drug-likeness (QED) is 0.800. The second kappa shape index (κ2) is 3.69. The van der Waals surface area contributed by atoms with E-state index in [1.165, 1.54) is 13.2 Å². The molecular formula is C12H14N2O2. The number of nitrogens with zero attached hydrogens (tertiary/aromatic N) is 1. The van der Waals surface area contributed by atoms with Crippen LogP contribution in [0.4, 0.5) is 0 Å². The Labute approximate surface area is 94.3 Å². The number of benzene rings is 1. The second-order valence-electron chi connectivity index (χ2n) is 4.17. The standard InChI is InChI=1S/C12H14N2O2/c1-16-10-5-8(6-13)4-9(11(10)15)12(7-14)2-3-12/h4-5,15H,2-3,7,14H2,1H3. The van der Waals surface area contributed by atoms with Gasteiger partial charge in [-0.25, -0.2) is 0 Å². The van der Waals surface area contributed by atoms with Crippen LogP contribution in [0.2, 0.25) is 0 Å². The zero-order valence-corrected chi connectivity index (χ0v) is 9.16. The highest BCUT2D eigenvalue weighted by atomic mass is 16.5. The second-order valence-corrected chi connectivity index (χ2v) is 4.17. The van der Waals surface area contributed by atoms with Gasteiger partial charge in [0.25, 0.3) is 0 Å². The Hall–Kier alpha value is -1.73. The molecule has 1 fully saturated rings. The lowest BCUT2D eigenvalue weighted by atomic mass is 9.93. The molecule has 0 unspecified atom stereocenters. The Morgan fingerprint density at radius 3 is 2.69 bits per heavy atom. The van der Waals surface area contributed by atoms with Crippen LogP contribution in [-0.4, -0.2) is 18.8 Å². The molecule has 1 aromatic rings. The minimum Gasteiger partial charge on any atom is -0.504 e. The molecule has 1 saturated carbocycles. The maximum absolute atomic E-state index is 10.0. The Balaban J connectivity index is 2.56. The summed E-state index contributed by atoms with van der Waals surface area (Å²) >= 11 is 0. The van der Waals surface area contributed by atoms with E-state index in [1.54, 1.807) is 6.07 Å². The fraction of sp³-hybridized carbons (Fsp3) is 0.417. The summed E-state index contributed by atoms with van der Waals surface area (Å²) in [4.78, 5) is 0. The number of nitrogens with two attached hydrogens (primary N) is 1. The summed E-state index contributed by atoms with van der Waals surface area (Å²) in [5.41, 5.74) is 6.80. The van der Waals surface area contributed by atoms with Crippen LogP contribution < -0.4 is 10.5 Å². The monoisotopic (exact) mass is 218 g/mol. The maximum Gasteiger partial charge on any atom is 0.162 e. The number of rotatable bonds is 3. The highest BCUT2D eigenvalue weighted by Gasteiger charge is 2.45. The van der Waals surface area contributed by atoms with Gasteiger partial charge in [-0.15, -0.1) is 0 Å². The highest BCUT2D eigenvalue weighted by molar-refractivity contribution is 5.56. The lowest BCUT2D eigenvalue weighted by Crippen LogP contribution is -2.20. The first kappa shape index (κ1) is 10.8. The summed E-state index contributed by atoms with van der Waals surface area (Å²) in [6.07, 6.45) is 1.91. The summed E-state index contributed by atoms with van der Waals surface area (Å²) < 4.78 is 5.05. The molecule has 1 aromatic carbocycles. The van der Waals surface area contributed by atoms with Crippen molar-refractivity contribution in [3.8, 4) is 17.6 Å². The SMILES string of the molecule is COc1cc(C#N)cc(C2(CN)CC2)c1O. The molecule has 16 heavy (non-hydrogen) atoms. The first-order valence-corrected chi connectivity index (χ1v) is 5.18. The van der Waals surface area contributed by atoms with E-state index < -0.39 is 0 Å². The van der Waals surface area contributed by atoms with Crippen molar-refractivity contribution in [3.63, 3.8) is 0 Å². The van der Waals surface area contributed by atoms with Gasteiger partial charge in [0.15, 0.2) is 11.5 Å². The Kier molecular flexibility index (Phi) is 2.49. The van der Waals surface area contributed by atoms with E-state index in [1.807, 2.05) is 0 Å². The van der Waals surface area contributed by atoms with Crippen molar-refractivity contribution in [2.75, 3.05) is 13.7 Å². The number of phenolic OH excluding ortho intramolecular Hbond substituents is 1. The van der Waals surface area contributed by atoms with Crippen LogP contribution >= 0.6 is 0 Å². The minimum atomic E-state index is -0.149. The van der Waals surface area contributed by atoms with Gasteiger partial charge in [-0.2, -0.15) is 5.26 Å². The van der Waals surface area contributed by atoms with Crippen molar-refractivity contribution in [1.82, 2.24) is 0 Å². The molecule has 0 radical (unpaired) electrons. The summed E-state index contributed by atoms with van der Waals surface area (Å²) in [6, 6.07) is 5.30. The third-order valence-electron chi connectivity index (χ3n) is 3.24. The van der Waals surface area contributed by atoms with Crippen molar-refractivity contribution in [1.29, 1.82) is 5.26 Å². The normalized spacial score (nSPS) is 16.6. The first-order valence-electron chi connectivity index (χ1n) is 5.18. The van der Waals surface area contributed by atoms with E-state index in [9.17, 15) is 5.11 Å². The minimum absolute atomic E-state index is 0.115. The summed E-state index contributed by atoms with van der Waals surface area (Å²) in [6.45, 7) is 0.485. The predicted octanol–water partition coefficient (Wildman–Crippen LogP) is 1.26. The van der Waals surface area contributed by atoms with E-state index in [0.717, 1.165) is 18.4 Å². The largest absolute Gasteiger partial charge is 0.504 e. The molecule has 0 spiro atoms. The number of aromatic hydroxyl groups is 1. The molecule has 4 nitrogen and oxygen atoms in total. The number of phenols is 1. The molecule has 0 bridgehead atoms. The molecule has 4 heteroatoms. The summed E-state index contributed by atoms with van der Waals surface area (Å²) in [5, 5.41) is 18.9.